The lowest BCUT2D eigenvalue weighted by atomic mass is 9.89. The average Bonchev–Trinajstić information content (AvgIpc) is 2.55. The molecule has 3 rings (SSSR count). The van der Waals surface area contributed by atoms with E-state index in [1.54, 1.807) is 0 Å². The maximum absolute atomic E-state index is 12.6. The van der Waals surface area contributed by atoms with Crippen LogP contribution in [0.15, 0.2) is 30.3 Å². The quantitative estimate of drug-likeness (QED) is 0.858. The predicted octanol–water partition coefficient (Wildman–Crippen LogP) is 3.20. The number of Topliss-reactive ketones (excluding diaryl/α,β-unsaturated/α-hetero) is 1. The molecule has 106 valence electrons. The molecule has 1 aliphatic rings. The van der Waals surface area contributed by atoms with Crippen molar-refractivity contribution in [3.8, 4) is 6.07 Å². The van der Waals surface area contributed by atoms with Crippen molar-refractivity contribution in [1.82, 2.24) is 5.32 Å². The second-order valence-electron chi connectivity index (χ2n) is 5.69. The Morgan fingerprint density at radius 1 is 1.33 bits per heavy atom. The predicted molar refractivity (Wildman–Crippen MR) is 83.3 cm³/mol. The molecule has 2 aromatic rings. The second-order valence-corrected chi connectivity index (χ2v) is 5.69. The maximum Gasteiger partial charge on any atom is 0.167 e. The number of fused-ring (bicyclic) bond motifs is 1. The normalized spacial score (nSPS) is 18.4. The number of benzene rings is 2. The summed E-state index contributed by atoms with van der Waals surface area (Å²) in [5.74, 6) is 0.321. The number of ketones is 1. The molecule has 3 nitrogen and oxygen atoms in total. The number of nitriles is 1. The average molecular weight is 278 g/mol. The van der Waals surface area contributed by atoms with Gasteiger partial charge in [0.25, 0.3) is 0 Å². The minimum absolute atomic E-state index is 0.0932. The molecule has 1 saturated heterocycles. The van der Waals surface area contributed by atoms with Gasteiger partial charge in [-0.05, 0) is 54.8 Å². The van der Waals surface area contributed by atoms with Crippen molar-refractivity contribution < 1.29 is 4.79 Å². The first-order chi connectivity index (χ1) is 10.2. The van der Waals surface area contributed by atoms with Crippen LogP contribution in [0.2, 0.25) is 0 Å². The third kappa shape index (κ3) is 2.55. The van der Waals surface area contributed by atoms with Crippen LogP contribution in [0, 0.1) is 24.2 Å². The smallest absolute Gasteiger partial charge is 0.167 e. The van der Waals surface area contributed by atoms with Gasteiger partial charge in [-0.1, -0.05) is 18.2 Å². The summed E-state index contributed by atoms with van der Waals surface area (Å²) in [4.78, 5) is 12.6. The number of hydrogen-bond donors (Lipinski definition) is 1. The Balaban J connectivity index is 1.98. The Morgan fingerprint density at radius 3 is 2.90 bits per heavy atom. The van der Waals surface area contributed by atoms with Gasteiger partial charge in [-0.3, -0.25) is 4.79 Å². The number of hydrogen-bond acceptors (Lipinski definition) is 3. The van der Waals surface area contributed by atoms with Crippen LogP contribution in [0.25, 0.3) is 10.8 Å². The van der Waals surface area contributed by atoms with Crippen LogP contribution in [-0.2, 0) is 0 Å². The van der Waals surface area contributed by atoms with Crippen molar-refractivity contribution in [2.75, 3.05) is 13.1 Å². The molecule has 0 radical (unpaired) electrons. The Bertz CT molecular complexity index is 737. The number of carbonyl (C=O) groups is 1. The van der Waals surface area contributed by atoms with E-state index in [1.165, 1.54) is 0 Å². The monoisotopic (exact) mass is 278 g/mol. The van der Waals surface area contributed by atoms with Gasteiger partial charge in [0.05, 0.1) is 11.6 Å². The molecule has 3 heteroatoms. The molecule has 1 atom stereocenters. The van der Waals surface area contributed by atoms with E-state index >= 15 is 0 Å². The van der Waals surface area contributed by atoms with Crippen molar-refractivity contribution in [3.63, 3.8) is 0 Å². The highest BCUT2D eigenvalue weighted by Crippen LogP contribution is 2.25. The minimum Gasteiger partial charge on any atom is -0.316 e. The van der Waals surface area contributed by atoms with Gasteiger partial charge < -0.3 is 5.32 Å². The molecule has 0 aromatic heterocycles. The summed E-state index contributed by atoms with van der Waals surface area (Å²) in [5.41, 5.74) is 2.45. The van der Waals surface area contributed by atoms with Crippen molar-refractivity contribution in [2.24, 2.45) is 5.92 Å². The summed E-state index contributed by atoms with van der Waals surface area (Å²) in [7, 11) is 0. The second kappa shape index (κ2) is 5.67. The summed E-state index contributed by atoms with van der Waals surface area (Å²) in [6.07, 6.45) is 2.03. The number of carbonyl (C=O) groups excluding carboxylic acids is 1. The number of piperidine rings is 1. The summed E-state index contributed by atoms with van der Waals surface area (Å²) in [5, 5.41) is 14.4. The number of nitrogens with one attached hydrogen (secondary N) is 1. The largest absolute Gasteiger partial charge is 0.316 e. The van der Waals surface area contributed by atoms with Crippen molar-refractivity contribution in [2.45, 2.75) is 19.8 Å². The zero-order valence-corrected chi connectivity index (χ0v) is 12.1. The summed E-state index contributed by atoms with van der Waals surface area (Å²) in [6, 6.07) is 11.8. The highest BCUT2D eigenvalue weighted by atomic mass is 16.1. The molecule has 0 bridgehead atoms. The zero-order chi connectivity index (χ0) is 14.8. The van der Waals surface area contributed by atoms with Crippen LogP contribution in [0.3, 0.4) is 0 Å². The molecule has 1 unspecified atom stereocenters. The summed E-state index contributed by atoms with van der Waals surface area (Å²) >= 11 is 0. The fourth-order valence-electron chi connectivity index (χ4n) is 3.07. The highest BCUT2D eigenvalue weighted by Gasteiger charge is 2.22. The van der Waals surface area contributed by atoms with Crippen LogP contribution in [0.5, 0.6) is 0 Å². The summed E-state index contributed by atoms with van der Waals surface area (Å²) < 4.78 is 0. The van der Waals surface area contributed by atoms with Crippen molar-refractivity contribution >= 4 is 16.6 Å². The van der Waals surface area contributed by atoms with Gasteiger partial charge in [0.1, 0.15) is 0 Å². The Hall–Kier alpha value is -2.18. The third-order valence-corrected chi connectivity index (χ3v) is 4.36. The first-order valence-corrected chi connectivity index (χ1v) is 7.39. The van der Waals surface area contributed by atoms with E-state index in [4.69, 9.17) is 5.26 Å². The van der Waals surface area contributed by atoms with E-state index in [0.29, 0.717) is 5.56 Å². The van der Waals surface area contributed by atoms with Crippen LogP contribution < -0.4 is 5.32 Å². The van der Waals surface area contributed by atoms with Gasteiger partial charge >= 0.3 is 0 Å². The molecule has 0 saturated carbocycles. The van der Waals surface area contributed by atoms with Gasteiger partial charge in [0.2, 0.25) is 0 Å². The van der Waals surface area contributed by atoms with Crippen LogP contribution in [-0.4, -0.2) is 18.9 Å². The SMILES string of the molecule is Cc1c(C#N)ccc2cc(C(=O)C3CCCNC3)ccc12. The molecule has 1 aliphatic heterocycles. The number of aryl methyl sites for hydroxylation is 1. The molecule has 0 amide bonds. The Kier molecular flexibility index (Phi) is 3.72. The van der Waals surface area contributed by atoms with Crippen LogP contribution >= 0.6 is 0 Å². The zero-order valence-electron chi connectivity index (χ0n) is 12.1. The first-order valence-electron chi connectivity index (χ1n) is 7.39. The van der Waals surface area contributed by atoms with Crippen molar-refractivity contribution in [3.05, 3.63) is 47.0 Å². The lowest BCUT2D eigenvalue weighted by molar-refractivity contribution is 0.0900. The van der Waals surface area contributed by atoms with E-state index < -0.39 is 0 Å². The molecular weight excluding hydrogens is 260 g/mol. The topological polar surface area (TPSA) is 52.9 Å². The van der Waals surface area contributed by atoms with Gasteiger partial charge in [0.15, 0.2) is 5.78 Å². The molecule has 1 N–H and O–H groups in total. The maximum atomic E-state index is 12.6. The Morgan fingerprint density at radius 2 is 2.19 bits per heavy atom. The molecular formula is C18H18N2O. The highest BCUT2D eigenvalue weighted by molar-refractivity contribution is 6.02. The molecule has 1 heterocycles. The Labute approximate surface area is 124 Å². The van der Waals surface area contributed by atoms with Gasteiger partial charge in [0, 0.05) is 18.0 Å². The molecule has 1 fully saturated rings. The van der Waals surface area contributed by atoms with Gasteiger partial charge in [-0.25, -0.2) is 0 Å². The van der Waals surface area contributed by atoms with E-state index in [9.17, 15) is 4.79 Å². The minimum atomic E-state index is 0.0932. The molecule has 21 heavy (non-hydrogen) atoms. The van der Waals surface area contributed by atoms with E-state index in [1.807, 2.05) is 37.3 Å². The summed E-state index contributed by atoms with van der Waals surface area (Å²) in [6.45, 7) is 3.74. The fraction of sp³-hybridized carbons (Fsp3) is 0.333. The molecule has 2 aromatic carbocycles. The van der Waals surface area contributed by atoms with E-state index in [-0.39, 0.29) is 11.7 Å². The van der Waals surface area contributed by atoms with E-state index in [2.05, 4.69) is 11.4 Å². The van der Waals surface area contributed by atoms with Gasteiger partial charge in [-0.15, -0.1) is 0 Å². The molecule has 0 spiro atoms. The number of rotatable bonds is 2. The van der Waals surface area contributed by atoms with Crippen LogP contribution in [0.1, 0.15) is 34.3 Å². The first kappa shape index (κ1) is 13.8. The van der Waals surface area contributed by atoms with Gasteiger partial charge in [-0.2, -0.15) is 5.26 Å². The standard InChI is InChI=1S/C18H18N2O/c1-12-15(10-19)5-4-13-9-14(6-7-17(12)13)18(21)16-3-2-8-20-11-16/h4-7,9,16,20H,2-3,8,11H2,1H3. The molecule has 0 aliphatic carbocycles. The van der Waals surface area contributed by atoms with Crippen molar-refractivity contribution in [1.29, 1.82) is 5.26 Å². The third-order valence-electron chi connectivity index (χ3n) is 4.36. The lowest BCUT2D eigenvalue weighted by Crippen LogP contribution is -2.34. The number of nitrogens with zero attached hydrogens (tertiary/aromatic N) is 1. The fourth-order valence-corrected chi connectivity index (χ4v) is 3.07. The van der Waals surface area contributed by atoms with Crippen LogP contribution in [0.4, 0.5) is 0 Å². The lowest BCUT2D eigenvalue weighted by Gasteiger charge is -2.21. The van der Waals surface area contributed by atoms with E-state index in [0.717, 1.165) is 47.8 Å².